The van der Waals surface area contributed by atoms with E-state index in [1.807, 2.05) is 12.1 Å². The lowest BCUT2D eigenvalue weighted by Crippen LogP contribution is -2.13. The Kier molecular flexibility index (Phi) is 5.72. The highest BCUT2D eigenvalue weighted by atomic mass is 28.2. The molecule has 3 aromatic rings. The molecule has 0 amide bonds. The van der Waals surface area contributed by atoms with Gasteiger partial charge in [0.05, 0.1) is 11.5 Å². The Bertz CT molecular complexity index is 768. The zero-order chi connectivity index (χ0) is 17.5. The molecule has 0 aliphatic heterocycles. The largest absolute Gasteiger partial charge is 0.419 e. The first kappa shape index (κ1) is 17.1. The molecule has 5 heteroatoms. The quantitative estimate of drug-likeness (QED) is 0.368. The van der Waals surface area contributed by atoms with Crippen molar-refractivity contribution in [1.29, 1.82) is 0 Å². The summed E-state index contributed by atoms with van der Waals surface area (Å²) in [6.45, 7) is 0.486. The lowest BCUT2D eigenvalue weighted by Gasteiger charge is -2.17. The first-order chi connectivity index (χ1) is 12.2. The summed E-state index contributed by atoms with van der Waals surface area (Å²) < 4.78 is 6.06. The molecule has 25 heavy (non-hydrogen) atoms. The van der Waals surface area contributed by atoms with E-state index in [1.54, 1.807) is 12.1 Å². The number of nitro groups is 1. The lowest BCUT2D eigenvalue weighted by atomic mass is 10.0. The van der Waals surface area contributed by atoms with E-state index in [4.69, 9.17) is 4.43 Å². The van der Waals surface area contributed by atoms with Gasteiger partial charge in [-0.3, -0.25) is 10.1 Å². The summed E-state index contributed by atoms with van der Waals surface area (Å²) in [6, 6.07) is 27.4. The second kappa shape index (κ2) is 8.37. The van der Waals surface area contributed by atoms with Gasteiger partial charge in [0, 0.05) is 17.7 Å². The van der Waals surface area contributed by atoms with Crippen molar-refractivity contribution in [2.75, 3.05) is 0 Å². The van der Waals surface area contributed by atoms with Crippen LogP contribution in [0.4, 0.5) is 5.69 Å². The third kappa shape index (κ3) is 4.62. The third-order valence-corrected chi connectivity index (χ3v) is 5.82. The molecule has 0 heterocycles. The number of benzene rings is 3. The first-order valence-electron chi connectivity index (χ1n) is 8.15. The predicted molar refractivity (Wildman–Crippen MR) is 101 cm³/mol. The molecule has 3 aromatic carbocycles. The van der Waals surface area contributed by atoms with E-state index >= 15 is 0 Å². The summed E-state index contributed by atoms with van der Waals surface area (Å²) in [6.07, 6.45) is 0. The monoisotopic (exact) mass is 349 g/mol. The van der Waals surface area contributed by atoms with Crippen molar-refractivity contribution in [3.05, 3.63) is 112 Å². The van der Waals surface area contributed by atoms with Gasteiger partial charge in [0.25, 0.3) is 5.69 Å². The summed E-state index contributed by atoms with van der Waals surface area (Å²) in [5.41, 5.74) is 3.89. The zero-order valence-electron chi connectivity index (χ0n) is 13.7. The highest BCUT2D eigenvalue weighted by molar-refractivity contribution is 6.31. The van der Waals surface area contributed by atoms with Crippen LogP contribution in [-0.4, -0.2) is 14.7 Å². The maximum atomic E-state index is 10.7. The van der Waals surface area contributed by atoms with Crippen LogP contribution in [0, 0.1) is 10.1 Å². The van der Waals surface area contributed by atoms with Crippen molar-refractivity contribution in [3.63, 3.8) is 0 Å². The zero-order valence-corrected chi connectivity index (χ0v) is 15.2. The molecule has 0 saturated heterocycles. The average molecular weight is 349 g/mol. The highest BCUT2D eigenvalue weighted by Gasteiger charge is 2.15. The number of hydrogen-bond donors (Lipinski definition) is 0. The molecule has 0 unspecified atom stereocenters. The second-order valence-corrected chi connectivity index (χ2v) is 7.37. The van der Waals surface area contributed by atoms with Crippen LogP contribution in [0.15, 0.2) is 84.9 Å². The van der Waals surface area contributed by atoms with E-state index < -0.39 is 9.76 Å². The Hall–Kier alpha value is -2.76. The van der Waals surface area contributed by atoms with Crippen LogP contribution < -0.4 is 0 Å². The minimum absolute atomic E-state index is 0.104. The van der Waals surface area contributed by atoms with E-state index in [2.05, 4.69) is 48.5 Å². The number of rotatable bonds is 7. The van der Waals surface area contributed by atoms with Gasteiger partial charge in [0.2, 0.25) is 0 Å². The van der Waals surface area contributed by atoms with E-state index in [9.17, 15) is 10.1 Å². The summed E-state index contributed by atoms with van der Waals surface area (Å²) in [7, 11) is -0.874. The van der Waals surface area contributed by atoms with E-state index in [-0.39, 0.29) is 10.6 Å². The molecule has 0 aliphatic rings. The summed E-state index contributed by atoms with van der Waals surface area (Å²) in [4.78, 5) is 10.3. The van der Waals surface area contributed by atoms with Gasteiger partial charge in [0.1, 0.15) is 0 Å². The van der Waals surface area contributed by atoms with Gasteiger partial charge >= 0.3 is 0 Å². The summed E-state index contributed by atoms with van der Waals surface area (Å²) >= 11 is 0. The maximum Gasteiger partial charge on any atom is 0.269 e. The van der Waals surface area contributed by atoms with Crippen molar-refractivity contribution >= 4 is 15.5 Å². The van der Waals surface area contributed by atoms with Crippen molar-refractivity contribution in [2.45, 2.75) is 12.1 Å². The van der Waals surface area contributed by atoms with E-state index in [0.29, 0.717) is 12.1 Å². The maximum absolute atomic E-state index is 10.7. The molecule has 3 rings (SSSR count). The van der Waals surface area contributed by atoms with E-state index in [0.717, 1.165) is 5.56 Å². The molecule has 0 atom stereocenters. The predicted octanol–water partition coefficient (Wildman–Crippen LogP) is 3.98. The average Bonchev–Trinajstić information content (AvgIpc) is 2.67. The lowest BCUT2D eigenvalue weighted by molar-refractivity contribution is -0.384. The molecular weight excluding hydrogens is 330 g/mol. The van der Waals surface area contributed by atoms with Gasteiger partial charge in [0.15, 0.2) is 9.76 Å². The summed E-state index contributed by atoms with van der Waals surface area (Å²) in [5.74, 6) is 0. The SMILES string of the molecule is O=[N+]([O-])c1ccc(CO[SiH2]C(c2ccccc2)c2ccccc2)cc1. The number of nitrogens with zero attached hydrogens (tertiary/aromatic N) is 1. The molecule has 0 radical (unpaired) electrons. The minimum Gasteiger partial charge on any atom is -0.419 e. The normalized spacial score (nSPS) is 11.2. The topological polar surface area (TPSA) is 52.4 Å². The van der Waals surface area contributed by atoms with Crippen LogP contribution in [-0.2, 0) is 11.0 Å². The highest BCUT2D eigenvalue weighted by Crippen LogP contribution is 2.24. The van der Waals surface area contributed by atoms with Crippen LogP contribution in [0.3, 0.4) is 0 Å². The first-order valence-corrected chi connectivity index (χ1v) is 9.54. The van der Waals surface area contributed by atoms with Crippen molar-refractivity contribution in [3.8, 4) is 0 Å². The molecule has 0 N–H and O–H groups in total. The fourth-order valence-electron chi connectivity index (χ4n) is 2.76. The standard InChI is InChI=1S/C20H19NO3Si/c22-21(23)19-13-11-16(12-14-19)15-24-25-20(17-7-3-1-4-8-17)18-9-5-2-6-10-18/h1-14,20H,15,25H2. The molecule has 0 saturated carbocycles. The fraction of sp³-hybridized carbons (Fsp3) is 0.100. The molecule has 0 aliphatic carbocycles. The molecule has 0 fully saturated rings. The van der Waals surface area contributed by atoms with Crippen LogP contribution in [0.25, 0.3) is 0 Å². The van der Waals surface area contributed by atoms with Crippen LogP contribution in [0.1, 0.15) is 22.2 Å². The Morgan fingerprint density at radius 2 is 1.36 bits per heavy atom. The molecule has 0 bridgehead atoms. The van der Waals surface area contributed by atoms with Crippen molar-refractivity contribution in [2.24, 2.45) is 0 Å². The number of nitro benzene ring substituents is 1. The molecular formula is C20H19NO3Si. The summed E-state index contributed by atoms with van der Waals surface area (Å²) in [5, 5.41) is 10.7. The van der Waals surface area contributed by atoms with Crippen LogP contribution in [0.5, 0.6) is 0 Å². The van der Waals surface area contributed by atoms with Crippen molar-refractivity contribution in [1.82, 2.24) is 0 Å². The smallest absolute Gasteiger partial charge is 0.269 e. The van der Waals surface area contributed by atoms with Gasteiger partial charge in [-0.1, -0.05) is 60.7 Å². The van der Waals surface area contributed by atoms with Gasteiger partial charge < -0.3 is 4.43 Å². The van der Waals surface area contributed by atoms with Crippen LogP contribution >= 0.6 is 0 Å². The molecule has 126 valence electrons. The molecule has 0 spiro atoms. The Labute approximate surface area is 149 Å². The van der Waals surface area contributed by atoms with Gasteiger partial charge in [-0.05, 0) is 28.8 Å². The third-order valence-electron chi connectivity index (χ3n) is 4.10. The molecule has 4 nitrogen and oxygen atoms in total. The molecule has 0 aromatic heterocycles. The Balaban J connectivity index is 1.68. The van der Waals surface area contributed by atoms with Crippen molar-refractivity contribution < 1.29 is 9.35 Å². The van der Waals surface area contributed by atoms with E-state index in [1.165, 1.54) is 23.3 Å². The van der Waals surface area contributed by atoms with Crippen LogP contribution in [0.2, 0.25) is 0 Å². The number of hydrogen-bond acceptors (Lipinski definition) is 3. The van der Waals surface area contributed by atoms with Gasteiger partial charge in [-0.25, -0.2) is 0 Å². The Morgan fingerprint density at radius 1 is 0.840 bits per heavy atom. The number of non-ortho nitro benzene ring substituents is 1. The van der Waals surface area contributed by atoms with Gasteiger partial charge in [-0.2, -0.15) is 0 Å². The Morgan fingerprint density at radius 3 is 1.84 bits per heavy atom. The van der Waals surface area contributed by atoms with Gasteiger partial charge in [-0.15, -0.1) is 0 Å². The second-order valence-electron chi connectivity index (χ2n) is 5.81. The fourth-order valence-corrected chi connectivity index (χ4v) is 4.28. The minimum atomic E-state index is -0.874.